The Bertz CT molecular complexity index is 445. The normalized spacial score (nSPS) is 10.4. The predicted octanol–water partition coefficient (Wildman–Crippen LogP) is 2.68. The summed E-state index contributed by atoms with van der Waals surface area (Å²) < 4.78 is 0. The Morgan fingerprint density at radius 2 is 1.88 bits per heavy atom. The second kappa shape index (κ2) is 6.85. The fourth-order valence-electron chi connectivity index (χ4n) is 1.02. The number of nitrogens with zero attached hydrogens (tertiary/aromatic N) is 3. The number of rotatable bonds is 0. The molecule has 0 unspecified atom stereocenters. The quantitative estimate of drug-likeness (QED) is 0.690. The Balaban J connectivity index is 0.000000583. The van der Waals surface area contributed by atoms with Crippen molar-refractivity contribution in [2.45, 2.75) is 40.0 Å². The van der Waals surface area contributed by atoms with Gasteiger partial charge in [0.25, 0.3) is 0 Å². The van der Waals surface area contributed by atoms with Gasteiger partial charge in [-0.15, -0.1) is 0 Å². The van der Waals surface area contributed by atoms with Crippen LogP contribution in [0.4, 0.5) is 0 Å². The van der Waals surface area contributed by atoms with E-state index in [0.29, 0.717) is 5.65 Å². The van der Waals surface area contributed by atoms with Crippen LogP contribution in [0, 0.1) is 12.6 Å². The second-order valence-corrected chi connectivity index (χ2v) is 4.59. The summed E-state index contributed by atoms with van der Waals surface area (Å²) in [6.45, 7) is 10.2. The van der Waals surface area contributed by atoms with Gasteiger partial charge in [-0.1, -0.05) is 27.0 Å². The van der Waals surface area contributed by atoms with Crippen LogP contribution in [0.1, 0.15) is 40.4 Å². The minimum atomic E-state index is -0.0519. The molecular weight excluding hydrogens is 384 g/mol. The van der Waals surface area contributed by atoms with Crippen LogP contribution >= 0.6 is 0 Å². The van der Waals surface area contributed by atoms with Crippen LogP contribution in [-0.2, 0) is 26.5 Å². The molecule has 0 spiro atoms. The Morgan fingerprint density at radius 1 is 1.29 bits per heavy atom. The summed E-state index contributed by atoms with van der Waals surface area (Å²) >= 11 is 0. The number of H-pyrrole nitrogens is 1. The first-order valence-electron chi connectivity index (χ1n) is 5.32. The summed E-state index contributed by atoms with van der Waals surface area (Å²) in [5.74, 6) is 0.770. The molecule has 0 saturated carbocycles. The van der Waals surface area contributed by atoms with Crippen LogP contribution in [0.2, 0.25) is 0 Å². The van der Waals surface area contributed by atoms with Gasteiger partial charge in [-0.3, -0.25) is 4.98 Å². The average molecular weight is 402 g/mol. The van der Waals surface area contributed by atoms with Crippen LogP contribution in [0.25, 0.3) is 11.2 Å². The van der Waals surface area contributed by atoms with Gasteiger partial charge in [0.1, 0.15) is 0 Å². The maximum atomic E-state index is 4.32. The molecule has 4 nitrogen and oxygen atoms in total. The average Bonchev–Trinajstić information content (AvgIpc) is 2.63. The molecule has 0 aliphatic heterocycles. The van der Waals surface area contributed by atoms with E-state index in [1.807, 2.05) is 20.3 Å². The zero-order valence-corrected chi connectivity index (χ0v) is 13.8. The van der Waals surface area contributed by atoms with Gasteiger partial charge in [0, 0.05) is 5.82 Å². The van der Waals surface area contributed by atoms with Gasteiger partial charge in [-0.25, -0.2) is 0 Å². The first kappa shape index (κ1) is 16.2. The van der Waals surface area contributed by atoms with Crippen LogP contribution in [0.15, 0.2) is 6.33 Å². The molecule has 0 bridgehead atoms. The molecular formula is C12H18N4W. The topological polar surface area (TPSA) is 54.5 Å². The van der Waals surface area contributed by atoms with E-state index in [0.717, 1.165) is 11.3 Å². The summed E-state index contributed by atoms with van der Waals surface area (Å²) in [5.41, 5.74) is 1.39. The number of hydrogen-bond donors (Lipinski definition) is 1. The van der Waals surface area contributed by atoms with Gasteiger partial charge in [0.15, 0.2) is 0 Å². The van der Waals surface area contributed by atoms with E-state index in [1.165, 1.54) is 0 Å². The fourth-order valence-corrected chi connectivity index (χ4v) is 1.02. The van der Waals surface area contributed by atoms with Crippen molar-refractivity contribution in [2.24, 2.45) is 0 Å². The smallest absolute Gasteiger partial charge is 0.370 e. The van der Waals surface area contributed by atoms with Crippen molar-refractivity contribution in [3.05, 3.63) is 24.8 Å². The predicted molar refractivity (Wildman–Crippen MR) is 64.9 cm³/mol. The molecule has 0 aliphatic rings. The molecule has 0 saturated heterocycles. The third kappa shape index (κ3) is 4.55. The van der Waals surface area contributed by atoms with Crippen molar-refractivity contribution in [3.8, 4) is 0 Å². The number of fused-ring (bicyclic) bond motifs is 1. The monoisotopic (exact) mass is 402 g/mol. The van der Waals surface area contributed by atoms with Gasteiger partial charge >= 0.3 is 21.1 Å². The van der Waals surface area contributed by atoms with E-state index in [1.54, 1.807) is 6.33 Å². The number of aromatic amines is 1. The Kier molecular flexibility index (Phi) is 6.54. The molecule has 17 heavy (non-hydrogen) atoms. The first-order valence-corrected chi connectivity index (χ1v) is 5.32. The number of imidazole rings is 1. The minimum Gasteiger partial charge on any atom is -0.370 e. The third-order valence-corrected chi connectivity index (χ3v) is 1.78. The van der Waals surface area contributed by atoms with Gasteiger partial charge in [0.05, 0.1) is 12.0 Å². The molecule has 1 N–H and O–H groups in total. The van der Waals surface area contributed by atoms with Crippen molar-refractivity contribution in [2.75, 3.05) is 0 Å². The van der Waals surface area contributed by atoms with Gasteiger partial charge in [-0.05, 0) is 10.9 Å². The SMILES string of the molecule is CC(C)(C)c1n[c-]c2[nH]cnc2n1.C[CH-]C.[W+2]. The standard InChI is InChI=1S/C9H11N4.C3H7.W/c1-9(2,3)8-10-4-6-7(13-8)12-5-11-6;1-3-2;/h5H,1-3H3,(H,10,11,12,13);3H,1-2H3;/q2*-1;+2. The Morgan fingerprint density at radius 3 is 2.41 bits per heavy atom. The van der Waals surface area contributed by atoms with Crippen molar-refractivity contribution in [1.29, 1.82) is 0 Å². The van der Waals surface area contributed by atoms with E-state index < -0.39 is 0 Å². The van der Waals surface area contributed by atoms with E-state index in [-0.39, 0.29) is 26.5 Å². The van der Waals surface area contributed by atoms with Crippen molar-refractivity contribution >= 4 is 11.2 Å². The molecule has 2 rings (SSSR count). The number of hydrogen-bond acceptors (Lipinski definition) is 3. The molecule has 0 radical (unpaired) electrons. The summed E-state index contributed by atoms with van der Waals surface area (Å²) in [6.07, 6.45) is 6.47. The molecule has 0 amide bonds. The van der Waals surface area contributed by atoms with Crippen molar-refractivity contribution in [3.63, 3.8) is 0 Å². The maximum absolute atomic E-state index is 4.32. The number of nitrogens with one attached hydrogen (secondary N) is 1. The fraction of sp³-hybridized carbons (Fsp3) is 0.500. The molecule has 2 aromatic rings. The van der Waals surface area contributed by atoms with Crippen LogP contribution < -0.4 is 0 Å². The molecule has 2 aromatic heterocycles. The van der Waals surface area contributed by atoms with Crippen LogP contribution in [-0.4, -0.2) is 19.9 Å². The molecule has 2 heterocycles. The summed E-state index contributed by atoms with van der Waals surface area (Å²) in [7, 11) is 0. The largest absolute Gasteiger partial charge is 2.00 e. The van der Waals surface area contributed by atoms with Crippen molar-refractivity contribution in [1.82, 2.24) is 19.9 Å². The summed E-state index contributed by atoms with van der Waals surface area (Å²) in [5, 5.41) is 0. The summed E-state index contributed by atoms with van der Waals surface area (Å²) in [6, 6.07) is 0. The summed E-state index contributed by atoms with van der Waals surface area (Å²) in [4.78, 5) is 15.4. The van der Waals surface area contributed by atoms with Gasteiger partial charge in [0.2, 0.25) is 0 Å². The molecule has 0 aliphatic carbocycles. The van der Waals surface area contributed by atoms with E-state index >= 15 is 0 Å². The second-order valence-electron chi connectivity index (χ2n) is 4.59. The van der Waals surface area contributed by atoms with Crippen molar-refractivity contribution < 1.29 is 21.1 Å². The molecule has 5 heteroatoms. The first-order chi connectivity index (χ1) is 7.49. The molecule has 0 fully saturated rings. The van der Waals surface area contributed by atoms with E-state index in [2.05, 4.69) is 46.9 Å². The third-order valence-electron chi connectivity index (χ3n) is 1.78. The van der Waals surface area contributed by atoms with E-state index in [4.69, 9.17) is 0 Å². The minimum absolute atomic E-state index is 0. The Labute approximate surface area is 117 Å². The zero-order valence-electron chi connectivity index (χ0n) is 10.9. The maximum Gasteiger partial charge on any atom is 2.00 e. The number of aromatic nitrogens is 4. The van der Waals surface area contributed by atoms with Gasteiger partial charge in [-0.2, -0.15) is 13.8 Å². The molecule has 0 atom stereocenters. The van der Waals surface area contributed by atoms with E-state index in [9.17, 15) is 0 Å². The molecule has 0 aromatic carbocycles. The Hall–Kier alpha value is -0.762. The zero-order chi connectivity index (χ0) is 12.2. The van der Waals surface area contributed by atoms with Crippen LogP contribution in [0.3, 0.4) is 0 Å². The van der Waals surface area contributed by atoms with Gasteiger partial charge < -0.3 is 21.4 Å². The van der Waals surface area contributed by atoms with Crippen LogP contribution in [0.5, 0.6) is 0 Å². The molecule has 92 valence electrons.